The second-order valence-electron chi connectivity index (χ2n) is 6.05. The Morgan fingerprint density at radius 1 is 1.07 bits per heavy atom. The summed E-state index contributed by atoms with van der Waals surface area (Å²) in [7, 11) is 0. The van der Waals surface area contributed by atoms with E-state index >= 15 is 0 Å². The summed E-state index contributed by atoms with van der Waals surface area (Å²) in [6.07, 6.45) is 1.68. The van der Waals surface area contributed by atoms with Gasteiger partial charge in [-0.25, -0.2) is 0 Å². The maximum Gasteiger partial charge on any atom is 0.230 e. The number of hydrogen-bond acceptors (Lipinski definition) is 5. The minimum absolute atomic E-state index is 0.00305. The Kier molecular flexibility index (Phi) is 6.95. The fourth-order valence-corrected chi connectivity index (χ4v) is 3.98. The maximum atomic E-state index is 12.1. The Labute approximate surface area is 168 Å². The number of benzene rings is 2. The molecule has 7 heteroatoms. The molecule has 0 saturated heterocycles. The van der Waals surface area contributed by atoms with E-state index in [9.17, 15) is 4.79 Å². The number of nitrogens with one attached hydrogen (secondary N) is 1. The number of nitrogens with zero attached hydrogens (tertiary/aromatic N) is 3. The molecule has 0 atom stereocenters. The van der Waals surface area contributed by atoms with Gasteiger partial charge in [0.25, 0.3) is 0 Å². The zero-order valence-corrected chi connectivity index (χ0v) is 17.0. The quantitative estimate of drug-likeness (QED) is 0.461. The van der Waals surface area contributed by atoms with Crippen molar-refractivity contribution in [2.75, 3.05) is 18.1 Å². The molecule has 1 N–H and O–H groups in total. The van der Waals surface area contributed by atoms with Crippen molar-refractivity contribution in [3.05, 3.63) is 66.0 Å². The van der Waals surface area contributed by atoms with Crippen LogP contribution in [0.3, 0.4) is 0 Å². The smallest absolute Gasteiger partial charge is 0.230 e. The molecule has 3 aromatic rings. The van der Waals surface area contributed by atoms with Gasteiger partial charge in [0.15, 0.2) is 5.16 Å². The highest BCUT2D eigenvalue weighted by Gasteiger charge is 2.10. The topological polar surface area (TPSA) is 59.8 Å². The highest BCUT2D eigenvalue weighted by molar-refractivity contribution is 7.99. The average Bonchev–Trinajstić information content (AvgIpc) is 3.15. The number of carbonyl (C=O) groups is 1. The van der Waals surface area contributed by atoms with E-state index in [2.05, 4.69) is 53.6 Å². The van der Waals surface area contributed by atoms with Crippen molar-refractivity contribution in [2.45, 2.75) is 23.9 Å². The van der Waals surface area contributed by atoms with E-state index in [0.717, 1.165) is 11.4 Å². The number of hydrogen-bond donors (Lipinski definition) is 1. The molecule has 0 spiro atoms. The summed E-state index contributed by atoms with van der Waals surface area (Å²) in [6.45, 7) is 4.81. The van der Waals surface area contributed by atoms with Gasteiger partial charge in [0, 0.05) is 22.9 Å². The van der Waals surface area contributed by atoms with Crippen LogP contribution in [0.25, 0.3) is 5.69 Å². The first-order valence-corrected chi connectivity index (χ1v) is 10.7. The summed E-state index contributed by atoms with van der Waals surface area (Å²) >= 11 is 3.12. The molecule has 0 fully saturated rings. The Morgan fingerprint density at radius 2 is 1.89 bits per heavy atom. The molecule has 0 aliphatic carbocycles. The van der Waals surface area contributed by atoms with Gasteiger partial charge in [-0.2, -0.15) is 0 Å². The van der Waals surface area contributed by atoms with Gasteiger partial charge in [-0.3, -0.25) is 9.36 Å². The number of amides is 1. The first kappa shape index (κ1) is 19.5. The molecule has 0 saturated carbocycles. The first-order chi connectivity index (χ1) is 13.1. The second-order valence-corrected chi connectivity index (χ2v) is 8.16. The van der Waals surface area contributed by atoms with E-state index in [1.54, 1.807) is 18.1 Å². The van der Waals surface area contributed by atoms with Crippen LogP contribution in [-0.2, 0) is 4.79 Å². The summed E-state index contributed by atoms with van der Waals surface area (Å²) in [4.78, 5) is 13.3. The van der Waals surface area contributed by atoms with Crippen molar-refractivity contribution in [1.29, 1.82) is 0 Å². The van der Waals surface area contributed by atoms with Gasteiger partial charge in [0.2, 0.25) is 5.91 Å². The van der Waals surface area contributed by atoms with E-state index in [4.69, 9.17) is 0 Å². The van der Waals surface area contributed by atoms with E-state index in [0.29, 0.717) is 17.5 Å². The monoisotopic (exact) mass is 398 g/mol. The normalized spacial score (nSPS) is 10.7. The minimum atomic E-state index is 0.00305. The molecular weight excluding hydrogens is 376 g/mol. The van der Waals surface area contributed by atoms with Gasteiger partial charge in [-0.15, -0.1) is 22.0 Å². The van der Waals surface area contributed by atoms with Crippen molar-refractivity contribution < 1.29 is 4.79 Å². The van der Waals surface area contributed by atoms with E-state index in [-0.39, 0.29) is 5.91 Å². The third kappa shape index (κ3) is 5.61. The molecule has 0 unspecified atom stereocenters. The first-order valence-electron chi connectivity index (χ1n) is 8.68. The van der Waals surface area contributed by atoms with E-state index < -0.39 is 0 Å². The Hall–Kier alpha value is -2.25. The molecule has 140 valence electrons. The van der Waals surface area contributed by atoms with Crippen LogP contribution in [0.15, 0.2) is 64.9 Å². The minimum Gasteiger partial charge on any atom is -0.355 e. The zero-order chi connectivity index (χ0) is 19.1. The van der Waals surface area contributed by atoms with Gasteiger partial charge in [-0.05, 0) is 49.2 Å². The summed E-state index contributed by atoms with van der Waals surface area (Å²) in [5, 5.41) is 11.8. The highest BCUT2D eigenvalue weighted by Crippen LogP contribution is 2.21. The molecule has 0 aliphatic rings. The second kappa shape index (κ2) is 9.62. The van der Waals surface area contributed by atoms with Crippen molar-refractivity contribution in [1.82, 2.24) is 20.1 Å². The average molecular weight is 399 g/mol. The number of rotatable bonds is 8. The van der Waals surface area contributed by atoms with Crippen LogP contribution in [0, 0.1) is 13.8 Å². The van der Waals surface area contributed by atoms with Crippen LogP contribution in [0.2, 0.25) is 0 Å². The summed E-state index contributed by atoms with van der Waals surface area (Å²) in [5.41, 5.74) is 3.46. The Morgan fingerprint density at radius 3 is 2.67 bits per heavy atom. The molecule has 0 bridgehead atoms. The summed E-state index contributed by atoms with van der Waals surface area (Å²) in [5.74, 6) is 1.17. The van der Waals surface area contributed by atoms with Crippen LogP contribution in [0.5, 0.6) is 0 Å². The third-order valence-electron chi connectivity index (χ3n) is 4.05. The van der Waals surface area contributed by atoms with E-state index in [1.165, 1.54) is 27.8 Å². The zero-order valence-electron chi connectivity index (χ0n) is 15.4. The highest BCUT2D eigenvalue weighted by atomic mass is 32.2. The maximum absolute atomic E-state index is 12.1. The molecule has 0 radical (unpaired) electrons. The SMILES string of the molecule is Cc1ccc(-n2cnnc2SCC(=O)NCCSc2ccccc2)cc1C. The third-order valence-corrected chi connectivity index (χ3v) is 6.01. The molecular formula is C20H22N4OS2. The molecule has 0 aliphatic heterocycles. The molecule has 1 amide bonds. The molecule has 1 heterocycles. The van der Waals surface area contributed by atoms with E-state index in [1.807, 2.05) is 28.8 Å². The fraction of sp³-hybridized carbons (Fsp3) is 0.250. The molecule has 5 nitrogen and oxygen atoms in total. The summed E-state index contributed by atoms with van der Waals surface area (Å²) < 4.78 is 1.91. The predicted molar refractivity (Wildman–Crippen MR) is 112 cm³/mol. The largest absolute Gasteiger partial charge is 0.355 e. The molecule has 1 aromatic heterocycles. The van der Waals surface area contributed by atoms with Gasteiger partial charge in [0.1, 0.15) is 6.33 Å². The lowest BCUT2D eigenvalue weighted by Gasteiger charge is -2.09. The Balaban J connectivity index is 1.47. The Bertz CT molecular complexity index is 896. The lowest BCUT2D eigenvalue weighted by molar-refractivity contribution is -0.118. The standard InChI is InChI=1S/C20H22N4OS2/c1-15-8-9-17(12-16(15)2)24-14-22-23-20(24)27-13-19(25)21-10-11-26-18-6-4-3-5-7-18/h3-9,12,14H,10-11,13H2,1-2H3,(H,21,25). The molecule has 27 heavy (non-hydrogen) atoms. The van der Waals surface area contributed by atoms with Gasteiger partial charge >= 0.3 is 0 Å². The molecule has 2 aromatic carbocycles. The fourth-order valence-electron chi connectivity index (χ4n) is 2.43. The van der Waals surface area contributed by atoms with Crippen LogP contribution < -0.4 is 5.32 Å². The van der Waals surface area contributed by atoms with Crippen molar-refractivity contribution in [3.8, 4) is 5.69 Å². The van der Waals surface area contributed by atoms with Gasteiger partial charge < -0.3 is 5.32 Å². The van der Waals surface area contributed by atoms with Crippen molar-refractivity contribution >= 4 is 29.4 Å². The number of carbonyl (C=O) groups excluding carboxylic acids is 1. The lowest BCUT2D eigenvalue weighted by atomic mass is 10.1. The van der Waals surface area contributed by atoms with Crippen LogP contribution >= 0.6 is 23.5 Å². The molecule has 3 rings (SSSR count). The lowest BCUT2D eigenvalue weighted by Crippen LogP contribution is -2.27. The summed E-state index contributed by atoms with van der Waals surface area (Å²) in [6, 6.07) is 16.4. The number of aromatic nitrogens is 3. The van der Waals surface area contributed by atoms with Crippen LogP contribution in [0.4, 0.5) is 0 Å². The van der Waals surface area contributed by atoms with Crippen molar-refractivity contribution in [2.24, 2.45) is 0 Å². The number of thioether (sulfide) groups is 2. The van der Waals surface area contributed by atoms with Crippen LogP contribution in [-0.4, -0.2) is 38.7 Å². The van der Waals surface area contributed by atoms with Gasteiger partial charge in [0.05, 0.1) is 5.75 Å². The van der Waals surface area contributed by atoms with Gasteiger partial charge in [-0.1, -0.05) is 36.0 Å². The number of aryl methyl sites for hydroxylation is 2. The van der Waals surface area contributed by atoms with Crippen molar-refractivity contribution in [3.63, 3.8) is 0 Å². The van der Waals surface area contributed by atoms with Crippen LogP contribution in [0.1, 0.15) is 11.1 Å². The predicted octanol–water partition coefficient (Wildman–Crippen LogP) is 3.88.